The second-order valence-corrected chi connectivity index (χ2v) is 5.21. The zero-order chi connectivity index (χ0) is 14.1. The fourth-order valence-electron chi connectivity index (χ4n) is 2.64. The number of hydrogen-bond acceptors (Lipinski definition) is 2. The van der Waals surface area contributed by atoms with Crippen LogP contribution in [0.3, 0.4) is 0 Å². The molecule has 2 N–H and O–H groups in total. The number of amides is 1. The molecule has 0 spiro atoms. The lowest BCUT2D eigenvalue weighted by Gasteiger charge is -2.16. The fraction of sp³-hybridized carbons (Fsp3) is 0.312. The van der Waals surface area contributed by atoms with E-state index in [9.17, 15) is 4.79 Å². The van der Waals surface area contributed by atoms with Gasteiger partial charge in [-0.2, -0.15) is 0 Å². The molecular formula is C16H18N2O2. The van der Waals surface area contributed by atoms with Gasteiger partial charge in [-0.3, -0.25) is 4.79 Å². The van der Waals surface area contributed by atoms with Crippen molar-refractivity contribution in [3.8, 4) is 5.75 Å². The summed E-state index contributed by atoms with van der Waals surface area (Å²) in [6, 6.07) is 9.83. The molecule has 0 bridgehead atoms. The van der Waals surface area contributed by atoms with Crippen LogP contribution in [-0.2, 0) is 0 Å². The van der Waals surface area contributed by atoms with E-state index in [2.05, 4.69) is 23.3 Å². The van der Waals surface area contributed by atoms with Crippen molar-refractivity contribution in [3.63, 3.8) is 0 Å². The molecule has 2 atom stereocenters. The van der Waals surface area contributed by atoms with E-state index in [0.29, 0.717) is 18.0 Å². The van der Waals surface area contributed by atoms with Gasteiger partial charge < -0.3 is 15.0 Å². The number of H-pyrrole nitrogens is 1. The van der Waals surface area contributed by atoms with Gasteiger partial charge in [0.2, 0.25) is 0 Å². The van der Waals surface area contributed by atoms with Gasteiger partial charge in [0.15, 0.2) is 0 Å². The minimum absolute atomic E-state index is 0.00408. The van der Waals surface area contributed by atoms with Gasteiger partial charge in [0.1, 0.15) is 11.9 Å². The van der Waals surface area contributed by atoms with Crippen LogP contribution in [0.25, 0.3) is 0 Å². The molecule has 2 heterocycles. The van der Waals surface area contributed by atoms with E-state index in [1.807, 2.05) is 25.1 Å². The van der Waals surface area contributed by atoms with Crippen molar-refractivity contribution in [2.24, 2.45) is 0 Å². The third-order valence-corrected chi connectivity index (χ3v) is 3.91. The predicted octanol–water partition coefficient (Wildman–Crippen LogP) is 2.62. The predicted molar refractivity (Wildman–Crippen MR) is 77.1 cm³/mol. The summed E-state index contributed by atoms with van der Waals surface area (Å²) >= 11 is 0. The molecule has 1 aromatic carbocycles. The third-order valence-electron chi connectivity index (χ3n) is 3.91. The number of aromatic amines is 1. The molecule has 3 rings (SSSR count). The number of ether oxygens (including phenoxy) is 1. The van der Waals surface area contributed by atoms with E-state index in [1.165, 1.54) is 5.56 Å². The maximum absolute atomic E-state index is 12.1. The van der Waals surface area contributed by atoms with Crippen molar-refractivity contribution < 1.29 is 9.53 Å². The van der Waals surface area contributed by atoms with Crippen LogP contribution in [0.4, 0.5) is 0 Å². The van der Waals surface area contributed by atoms with Crippen LogP contribution in [0, 0.1) is 6.92 Å². The first-order chi connectivity index (χ1) is 9.66. The highest BCUT2D eigenvalue weighted by Gasteiger charge is 2.30. The van der Waals surface area contributed by atoms with Crippen LogP contribution >= 0.6 is 0 Å². The molecular weight excluding hydrogens is 252 g/mol. The molecule has 104 valence electrons. The molecule has 4 heteroatoms. The van der Waals surface area contributed by atoms with Crippen molar-refractivity contribution in [1.82, 2.24) is 10.3 Å². The molecule has 0 unspecified atom stereocenters. The Morgan fingerprint density at radius 3 is 2.85 bits per heavy atom. The molecule has 1 aromatic heterocycles. The molecule has 0 radical (unpaired) electrons. The average molecular weight is 270 g/mol. The Morgan fingerprint density at radius 1 is 1.35 bits per heavy atom. The van der Waals surface area contributed by atoms with Gasteiger partial charge >= 0.3 is 0 Å². The van der Waals surface area contributed by atoms with E-state index >= 15 is 0 Å². The summed E-state index contributed by atoms with van der Waals surface area (Å²) in [5.41, 5.74) is 2.78. The lowest BCUT2D eigenvalue weighted by Crippen LogP contribution is -2.35. The van der Waals surface area contributed by atoms with Crippen molar-refractivity contribution >= 4 is 5.91 Å². The van der Waals surface area contributed by atoms with Crippen LogP contribution in [0.2, 0.25) is 0 Å². The Balaban J connectivity index is 1.64. The normalized spacial score (nSPS) is 20.3. The van der Waals surface area contributed by atoms with E-state index in [-0.39, 0.29) is 12.0 Å². The zero-order valence-electron chi connectivity index (χ0n) is 11.6. The summed E-state index contributed by atoms with van der Waals surface area (Å²) < 4.78 is 5.89. The van der Waals surface area contributed by atoms with Gasteiger partial charge in [-0.1, -0.05) is 25.1 Å². The molecule has 1 aliphatic rings. The van der Waals surface area contributed by atoms with Crippen molar-refractivity contribution in [2.75, 3.05) is 6.54 Å². The van der Waals surface area contributed by atoms with E-state index < -0.39 is 0 Å². The van der Waals surface area contributed by atoms with E-state index in [4.69, 9.17) is 4.74 Å². The Bertz CT molecular complexity index is 633. The van der Waals surface area contributed by atoms with E-state index in [0.717, 1.165) is 11.4 Å². The highest BCUT2D eigenvalue weighted by atomic mass is 16.5. The minimum atomic E-state index is -0.0597. The lowest BCUT2D eigenvalue weighted by molar-refractivity contribution is 0.0928. The number of nitrogens with one attached hydrogen (secondary N) is 2. The van der Waals surface area contributed by atoms with Gasteiger partial charge in [-0.25, -0.2) is 0 Å². The van der Waals surface area contributed by atoms with Gasteiger partial charge in [-0.15, -0.1) is 0 Å². The number of para-hydroxylation sites is 1. The summed E-state index contributed by atoms with van der Waals surface area (Å²) in [7, 11) is 0. The molecule has 1 aliphatic heterocycles. The molecule has 20 heavy (non-hydrogen) atoms. The lowest BCUT2D eigenvalue weighted by atomic mass is 9.97. The van der Waals surface area contributed by atoms with Crippen molar-refractivity contribution in [2.45, 2.75) is 25.9 Å². The zero-order valence-corrected chi connectivity index (χ0v) is 11.6. The van der Waals surface area contributed by atoms with Crippen LogP contribution in [0.5, 0.6) is 5.75 Å². The summed E-state index contributed by atoms with van der Waals surface area (Å²) in [5.74, 6) is 1.16. The van der Waals surface area contributed by atoms with Gasteiger partial charge in [0.25, 0.3) is 5.91 Å². The largest absolute Gasteiger partial charge is 0.488 e. The standard InChI is InChI=1S/C16H18N2O2/c1-10-12-5-3-4-6-14(12)20-15(10)9-18-16(19)13-7-8-17-11(13)2/h3-8,10,15,17H,9H2,1-2H3,(H,18,19)/t10-,15-/m1/s1. The average Bonchev–Trinajstić information content (AvgIpc) is 3.01. The SMILES string of the molecule is Cc1[nH]ccc1C(=O)NC[C@H]1Oc2ccccc2[C@H]1C. The first kappa shape index (κ1) is 12.8. The van der Waals surface area contributed by atoms with Crippen LogP contribution in [0.15, 0.2) is 36.5 Å². The second kappa shape index (κ2) is 5.04. The molecule has 1 amide bonds. The summed E-state index contributed by atoms with van der Waals surface area (Å²) in [6.07, 6.45) is 1.77. The number of benzene rings is 1. The van der Waals surface area contributed by atoms with Crippen LogP contribution < -0.4 is 10.1 Å². The summed E-state index contributed by atoms with van der Waals surface area (Å²) in [4.78, 5) is 15.1. The Hall–Kier alpha value is -2.23. The first-order valence-corrected chi connectivity index (χ1v) is 6.84. The van der Waals surface area contributed by atoms with Gasteiger partial charge in [0.05, 0.1) is 12.1 Å². The molecule has 0 saturated carbocycles. The first-order valence-electron chi connectivity index (χ1n) is 6.84. The number of aryl methyl sites for hydroxylation is 1. The molecule has 2 aromatic rings. The smallest absolute Gasteiger partial charge is 0.253 e. The van der Waals surface area contributed by atoms with Crippen LogP contribution in [-0.4, -0.2) is 23.5 Å². The molecule has 0 saturated heterocycles. The maximum Gasteiger partial charge on any atom is 0.253 e. The van der Waals surface area contributed by atoms with Gasteiger partial charge in [0, 0.05) is 23.4 Å². The van der Waals surface area contributed by atoms with Crippen LogP contribution in [0.1, 0.15) is 34.5 Å². The highest BCUT2D eigenvalue weighted by molar-refractivity contribution is 5.95. The maximum atomic E-state index is 12.1. The third kappa shape index (κ3) is 2.18. The molecule has 4 nitrogen and oxygen atoms in total. The Morgan fingerprint density at radius 2 is 2.15 bits per heavy atom. The Kier molecular flexibility index (Phi) is 3.22. The second-order valence-electron chi connectivity index (χ2n) is 5.21. The van der Waals surface area contributed by atoms with Crippen molar-refractivity contribution in [1.29, 1.82) is 0 Å². The molecule has 0 aliphatic carbocycles. The quantitative estimate of drug-likeness (QED) is 0.900. The number of aromatic nitrogens is 1. The number of carbonyl (C=O) groups excluding carboxylic acids is 1. The summed E-state index contributed by atoms with van der Waals surface area (Å²) in [6.45, 7) is 4.53. The fourth-order valence-corrected chi connectivity index (χ4v) is 2.64. The topological polar surface area (TPSA) is 54.1 Å². The monoisotopic (exact) mass is 270 g/mol. The van der Waals surface area contributed by atoms with Gasteiger partial charge in [-0.05, 0) is 19.1 Å². The van der Waals surface area contributed by atoms with E-state index in [1.54, 1.807) is 12.3 Å². The minimum Gasteiger partial charge on any atom is -0.488 e. The number of carbonyl (C=O) groups is 1. The summed E-state index contributed by atoms with van der Waals surface area (Å²) in [5, 5.41) is 2.95. The molecule has 0 fully saturated rings. The highest BCUT2D eigenvalue weighted by Crippen LogP contribution is 2.37. The number of hydrogen-bond donors (Lipinski definition) is 2. The van der Waals surface area contributed by atoms with Crippen molar-refractivity contribution in [3.05, 3.63) is 53.3 Å². The number of fused-ring (bicyclic) bond motifs is 1. The number of rotatable bonds is 3. The Labute approximate surface area is 118 Å².